The fourth-order valence-electron chi connectivity index (χ4n) is 1.59. The number of halogens is 2. The highest BCUT2D eigenvalue weighted by atomic mass is 79.9. The molecule has 1 amide bonds. The third-order valence-electron chi connectivity index (χ3n) is 2.70. The minimum Gasteiger partial charge on any atom is -0.300 e. The molecule has 0 aliphatic carbocycles. The highest BCUT2D eigenvalue weighted by Crippen LogP contribution is 2.15. The van der Waals surface area contributed by atoms with Crippen molar-refractivity contribution in [1.82, 2.24) is 4.98 Å². The summed E-state index contributed by atoms with van der Waals surface area (Å²) in [5.41, 5.74) is 0.929. The predicted octanol–water partition coefficient (Wildman–Crippen LogP) is 3.70. The summed E-state index contributed by atoms with van der Waals surface area (Å²) >= 11 is 9.13. The van der Waals surface area contributed by atoms with Crippen LogP contribution in [0.1, 0.15) is 5.56 Å². The molecule has 1 aromatic heterocycles. The Balaban J connectivity index is 2.07. The lowest BCUT2D eigenvalue weighted by atomic mass is 10.1. The van der Waals surface area contributed by atoms with Crippen LogP contribution in [0.5, 0.6) is 0 Å². The van der Waals surface area contributed by atoms with Crippen LogP contribution in [0.3, 0.4) is 0 Å². The van der Waals surface area contributed by atoms with Crippen LogP contribution in [-0.4, -0.2) is 17.9 Å². The maximum absolute atomic E-state index is 12.1. The van der Waals surface area contributed by atoms with Crippen LogP contribution >= 0.6 is 27.5 Å². The van der Waals surface area contributed by atoms with Gasteiger partial charge in [0.05, 0.1) is 6.42 Å². The molecule has 0 bridgehead atoms. The molecular formula is C14H12BrClN2O. The summed E-state index contributed by atoms with van der Waals surface area (Å²) in [7, 11) is 1.72. The predicted molar refractivity (Wildman–Crippen MR) is 80.5 cm³/mol. The zero-order valence-electron chi connectivity index (χ0n) is 10.3. The molecule has 1 aromatic carbocycles. The average Bonchev–Trinajstić information content (AvgIpc) is 2.41. The molecule has 0 spiro atoms. The molecule has 0 N–H and O–H groups in total. The quantitative estimate of drug-likeness (QED) is 0.854. The Kier molecular flexibility index (Phi) is 4.56. The van der Waals surface area contributed by atoms with Gasteiger partial charge in [0.1, 0.15) is 5.82 Å². The van der Waals surface area contributed by atoms with Gasteiger partial charge in [-0.15, -0.1) is 0 Å². The van der Waals surface area contributed by atoms with E-state index in [-0.39, 0.29) is 5.91 Å². The summed E-state index contributed by atoms with van der Waals surface area (Å²) in [6, 6.07) is 10.9. The monoisotopic (exact) mass is 338 g/mol. The van der Waals surface area contributed by atoms with Crippen LogP contribution < -0.4 is 4.90 Å². The lowest BCUT2D eigenvalue weighted by Gasteiger charge is -2.16. The number of carbonyl (C=O) groups excluding carboxylic acids is 1. The third-order valence-corrected chi connectivity index (χ3v) is 3.42. The zero-order valence-corrected chi connectivity index (χ0v) is 12.6. The minimum atomic E-state index is -0.0165. The Morgan fingerprint density at radius 2 is 1.95 bits per heavy atom. The summed E-state index contributed by atoms with van der Waals surface area (Å²) in [5.74, 6) is 0.610. The lowest BCUT2D eigenvalue weighted by molar-refractivity contribution is -0.117. The van der Waals surface area contributed by atoms with Crippen molar-refractivity contribution in [1.29, 1.82) is 0 Å². The van der Waals surface area contributed by atoms with E-state index in [1.54, 1.807) is 36.3 Å². The molecule has 3 nitrogen and oxygen atoms in total. The molecule has 0 saturated heterocycles. The van der Waals surface area contributed by atoms with E-state index in [4.69, 9.17) is 11.6 Å². The number of nitrogens with zero attached hydrogens (tertiary/aromatic N) is 2. The van der Waals surface area contributed by atoms with E-state index in [1.807, 2.05) is 18.2 Å². The Morgan fingerprint density at radius 3 is 2.53 bits per heavy atom. The van der Waals surface area contributed by atoms with Gasteiger partial charge in [-0.3, -0.25) is 9.69 Å². The van der Waals surface area contributed by atoms with Gasteiger partial charge < -0.3 is 0 Å². The first-order chi connectivity index (χ1) is 9.06. The van der Waals surface area contributed by atoms with Crippen molar-refractivity contribution in [2.75, 3.05) is 11.9 Å². The molecule has 0 atom stereocenters. The summed E-state index contributed by atoms with van der Waals surface area (Å²) in [4.78, 5) is 17.9. The van der Waals surface area contributed by atoms with Crippen LogP contribution in [-0.2, 0) is 11.2 Å². The summed E-state index contributed by atoms with van der Waals surface area (Å²) < 4.78 is 0.884. The minimum absolute atomic E-state index is 0.0165. The van der Waals surface area contributed by atoms with Crippen molar-refractivity contribution < 1.29 is 4.79 Å². The molecule has 98 valence electrons. The number of hydrogen-bond donors (Lipinski definition) is 0. The molecule has 0 fully saturated rings. The Morgan fingerprint density at radius 1 is 1.26 bits per heavy atom. The summed E-state index contributed by atoms with van der Waals surface area (Å²) in [6.07, 6.45) is 1.99. The molecule has 1 heterocycles. The molecule has 0 radical (unpaired) electrons. The molecule has 2 rings (SSSR count). The Hall–Kier alpha value is -1.39. The summed E-state index contributed by atoms with van der Waals surface area (Å²) in [6.45, 7) is 0. The number of aromatic nitrogens is 1. The first-order valence-electron chi connectivity index (χ1n) is 5.69. The first-order valence-corrected chi connectivity index (χ1v) is 6.86. The molecule has 0 aliphatic heterocycles. The van der Waals surface area contributed by atoms with Gasteiger partial charge in [0.25, 0.3) is 0 Å². The van der Waals surface area contributed by atoms with Crippen LogP contribution in [0.4, 0.5) is 5.82 Å². The molecule has 5 heteroatoms. The fraction of sp³-hybridized carbons (Fsp3) is 0.143. The number of anilines is 1. The second kappa shape index (κ2) is 6.17. The van der Waals surface area contributed by atoms with E-state index in [1.165, 1.54) is 0 Å². The second-order valence-electron chi connectivity index (χ2n) is 4.09. The van der Waals surface area contributed by atoms with Gasteiger partial charge in [0.15, 0.2) is 0 Å². The van der Waals surface area contributed by atoms with Crippen molar-refractivity contribution in [3.8, 4) is 0 Å². The third kappa shape index (κ3) is 3.78. The van der Waals surface area contributed by atoms with Gasteiger partial charge in [0, 0.05) is 22.7 Å². The van der Waals surface area contributed by atoms with Crippen LogP contribution in [0.15, 0.2) is 47.1 Å². The van der Waals surface area contributed by atoms with Crippen molar-refractivity contribution in [3.63, 3.8) is 0 Å². The molecule has 0 aliphatic rings. The summed E-state index contributed by atoms with van der Waals surface area (Å²) in [5, 5.41) is 0.666. The highest BCUT2D eigenvalue weighted by molar-refractivity contribution is 9.10. The van der Waals surface area contributed by atoms with Gasteiger partial charge in [-0.05, 0) is 45.8 Å². The van der Waals surface area contributed by atoms with Crippen LogP contribution in [0.2, 0.25) is 5.02 Å². The van der Waals surface area contributed by atoms with Gasteiger partial charge in [-0.25, -0.2) is 4.98 Å². The van der Waals surface area contributed by atoms with Crippen molar-refractivity contribution in [3.05, 3.63) is 57.7 Å². The van der Waals surface area contributed by atoms with Crippen LogP contribution in [0.25, 0.3) is 0 Å². The molecule has 0 unspecified atom stereocenters. The van der Waals surface area contributed by atoms with E-state index in [9.17, 15) is 4.79 Å². The van der Waals surface area contributed by atoms with Gasteiger partial charge in [-0.2, -0.15) is 0 Å². The number of likely N-dealkylation sites (N-methyl/N-ethyl adjacent to an activating group) is 1. The standard InChI is InChI=1S/C14H12BrClN2O/c1-18(13-7-4-11(15)9-17-13)14(19)8-10-2-5-12(16)6-3-10/h2-7,9H,8H2,1H3. The molecule has 19 heavy (non-hydrogen) atoms. The van der Waals surface area contributed by atoms with E-state index < -0.39 is 0 Å². The van der Waals surface area contributed by atoms with Gasteiger partial charge >= 0.3 is 0 Å². The van der Waals surface area contributed by atoms with E-state index in [0.29, 0.717) is 17.3 Å². The van der Waals surface area contributed by atoms with E-state index >= 15 is 0 Å². The van der Waals surface area contributed by atoms with Crippen molar-refractivity contribution in [2.24, 2.45) is 0 Å². The number of rotatable bonds is 3. The largest absolute Gasteiger partial charge is 0.300 e. The zero-order chi connectivity index (χ0) is 13.8. The number of benzene rings is 1. The Bertz CT molecular complexity index is 569. The molecular weight excluding hydrogens is 328 g/mol. The smallest absolute Gasteiger partial charge is 0.232 e. The highest BCUT2D eigenvalue weighted by Gasteiger charge is 2.12. The fourth-order valence-corrected chi connectivity index (χ4v) is 1.95. The number of carbonyl (C=O) groups is 1. The second-order valence-corrected chi connectivity index (χ2v) is 5.44. The normalized spacial score (nSPS) is 10.3. The SMILES string of the molecule is CN(C(=O)Cc1ccc(Cl)cc1)c1ccc(Br)cn1. The topological polar surface area (TPSA) is 33.2 Å². The molecule has 2 aromatic rings. The van der Waals surface area contributed by atoms with Gasteiger partial charge in [-0.1, -0.05) is 23.7 Å². The van der Waals surface area contributed by atoms with Gasteiger partial charge in [0.2, 0.25) is 5.91 Å². The number of amides is 1. The van der Waals surface area contributed by atoms with E-state index in [2.05, 4.69) is 20.9 Å². The molecule has 0 saturated carbocycles. The maximum atomic E-state index is 12.1. The maximum Gasteiger partial charge on any atom is 0.232 e. The number of pyridine rings is 1. The Labute approximate surface area is 125 Å². The van der Waals surface area contributed by atoms with Crippen LogP contribution in [0, 0.1) is 0 Å². The lowest BCUT2D eigenvalue weighted by Crippen LogP contribution is -2.28. The van der Waals surface area contributed by atoms with Crippen molar-refractivity contribution >= 4 is 39.3 Å². The first kappa shape index (κ1) is 14.0. The van der Waals surface area contributed by atoms with Crippen molar-refractivity contribution in [2.45, 2.75) is 6.42 Å². The van der Waals surface area contributed by atoms with E-state index in [0.717, 1.165) is 10.0 Å². The number of hydrogen-bond acceptors (Lipinski definition) is 2. The average molecular weight is 340 g/mol.